The van der Waals surface area contributed by atoms with Gasteiger partial charge in [0.25, 0.3) is 5.91 Å². The fourth-order valence-corrected chi connectivity index (χ4v) is 3.35. The van der Waals surface area contributed by atoms with Crippen molar-refractivity contribution in [3.63, 3.8) is 0 Å². The van der Waals surface area contributed by atoms with Crippen molar-refractivity contribution in [2.24, 2.45) is 11.7 Å². The lowest BCUT2D eigenvalue weighted by Gasteiger charge is -2.17. The van der Waals surface area contributed by atoms with Gasteiger partial charge < -0.3 is 15.4 Å². The van der Waals surface area contributed by atoms with E-state index in [1.54, 1.807) is 4.90 Å². The molecule has 0 aromatic heterocycles. The summed E-state index contributed by atoms with van der Waals surface area (Å²) in [6.07, 6.45) is 0. The van der Waals surface area contributed by atoms with Gasteiger partial charge in [0.15, 0.2) is 6.61 Å². The van der Waals surface area contributed by atoms with Gasteiger partial charge in [-0.1, -0.05) is 30.3 Å². The van der Waals surface area contributed by atoms with E-state index in [0.717, 1.165) is 17.7 Å². The van der Waals surface area contributed by atoms with E-state index in [1.807, 2.05) is 30.3 Å². The van der Waals surface area contributed by atoms with Gasteiger partial charge in [0, 0.05) is 31.1 Å². The summed E-state index contributed by atoms with van der Waals surface area (Å²) in [4.78, 5) is 24.0. The monoisotopic (exact) mass is 373 g/mol. The van der Waals surface area contributed by atoms with Crippen LogP contribution in [0.15, 0.2) is 48.5 Å². The largest absolute Gasteiger partial charge is 0.484 e. The molecule has 27 heavy (non-hydrogen) atoms. The molecule has 1 aliphatic rings. The van der Waals surface area contributed by atoms with Crippen molar-refractivity contribution in [2.45, 2.75) is 5.92 Å². The first-order chi connectivity index (χ1) is 13.0. The van der Waals surface area contributed by atoms with Crippen LogP contribution in [-0.2, 0) is 4.79 Å². The zero-order chi connectivity index (χ0) is 19.4. The van der Waals surface area contributed by atoms with Crippen LogP contribution in [0.1, 0.15) is 11.5 Å². The lowest BCUT2D eigenvalue weighted by atomic mass is 9.89. The van der Waals surface area contributed by atoms with Gasteiger partial charge in [-0.15, -0.1) is 0 Å². The summed E-state index contributed by atoms with van der Waals surface area (Å²) in [6, 6.07) is 13.1. The molecule has 8 heteroatoms. The maximum absolute atomic E-state index is 13.6. The van der Waals surface area contributed by atoms with Crippen molar-refractivity contribution in [3.8, 4) is 5.75 Å². The van der Waals surface area contributed by atoms with Crippen LogP contribution in [0.5, 0.6) is 5.75 Å². The van der Waals surface area contributed by atoms with Crippen molar-refractivity contribution in [3.05, 3.63) is 70.0 Å². The Morgan fingerprint density at radius 1 is 1.26 bits per heavy atom. The second-order valence-corrected chi connectivity index (χ2v) is 6.47. The number of halogens is 1. The number of ether oxygens (including phenoxy) is 1. The number of nitrogens with two attached hydrogens (primary N) is 1. The smallest absolute Gasteiger partial charge is 0.305 e. The van der Waals surface area contributed by atoms with Crippen LogP contribution in [0.4, 0.5) is 10.1 Å². The molecule has 2 N–H and O–H groups in total. The number of hydrogen-bond acceptors (Lipinski definition) is 5. The summed E-state index contributed by atoms with van der Waals surface area (Å²) >= 11 is 0. The molecule has 7 nitrogen and oxygen atoms in total. The van der Waals surface area contributed by atoms with Crippen molar-refractivity contribution in [1.29, 1.82) is 0 Å². The Morgan fingerprint density at radius 2 is 2.00 bits per heavy atom. The third-order valence-electron chi connectivity index (χ3n) is 4.80. The molecular weight excluding hydrogens is 353 g/mol. The SMILES string of the molecule is NC[C@@H]1CN(C(=O)COc2ccc([N+](=O)[O-])c(F)c2)C[C@H]1c1ccccc1. The number of carbonyl (C=O) groups is 1. The average molecular weight is 373 g/mol. The number of nitro groups is 1. The van der Waals surface area contributed by atoms with E-state index in [0.29, 0.717) is 19.6 Å². The topological polar surface area (TPSA) is 98.7 Å². The molecular formula is C19H20FN3O4. The van der Waals surface area contributed by atoms with Crippen LogP contribution >= 0.6 is 0 Å². The summed E-state index contributed by atoms with van der Waals surface area (Å²) in [5.74, 6) is -0.838. The number of likely N-dealkylation sites (tertiary alicyclic amines) is 1. The highest BCUT2D eigenvalue weighted by atomic mass is 19.1. The van der Waals surface area contributed by atoms with Crippen molar-refractivity contribution in [2.75, 3.05) is 26.2 Å². The van der Waals surface area contributed by atoms with Crippen LogP contribution in [0.3, 0.4) is 0 Å². The third kappa shape index (κ3) is 4.22. The normalized spacial score (nSPS) is 19.1. The first kappa shape index (κ1) is 18.8. The maximum atomic E-state index is 13.6. The minimum absolute atomic E-state index is 0.0700. The Labute approximate surface area is 155 Å². The van der Waals surface area contributed by atoms with Gasteiger partial charge in [0.2, 0.25) is 5.82 Å². The quantitative estimate of drug-likeness (QED) is 0.619. The lowest BCUT2D eigenvalue weighted by Crippen LogP contribution is -2.33. The lowest BCUT2D eigenvalue weighted by molar-refractivity contribution is -0.387. The summed E-state index contributed by atoms with van der Waals surface area (Å²) in [5.41, 5.74) is 6.38. The van der Waals surface area contributed by atoms with Gasteiger partial charge >= 0.3 is 5.69 Å². The predicted molar refractivity (Wildman–Crippen MR) is 96.9 cm³/mol. The molecule has 0 saturated carbocycles. The summed E-state index contributed by atoms with van der Waals surface area (Å²) in [5, 5.41) is 10.6. The Bertz CT molecular complexity index is 831. The zero-order valence-electron chi connectivity index (χ0n) is 14.6. The van der Waals surface area contributed by atoms with E-state index in [2.05, 4.69) is 0 Å². The predicted octanol–water partition coefficient (Wildman–Crippen LogP) is 2.31. The molecule has 2 aromatic rings. The van der Waals surface area contributed by atoms with Crippen LogP contribution in [0.2, 0.25) is 0 Å². The molecule has 142 valence electrons. The summed E-state index contributed by atoms with van der Waals surface area (Å²) in [7, 11) is 0. The summed E-state index contributed by atoms with van der Waals surface area (Å²) in [6.45, 7) is 1.28. The highest BCUT2D eigenvalue weighted by Gasteiger charge is 2.35. The van der Waals surface area contributed by atoms with Gasteiger partial charge in [0.1, 0.15) is 5.75 Å². The molecule has 1 aliphatic heterocycles. The van der Waals surface area contributed by atoms with E-state index in [-0.39, 0.29) is 30.1 Å². The van der Waals surface area contributed by atoms with Gasteiger partial charge in [-0.3, -0.25) is 14.9 Å². The molecule has 2 atom stereocenters. The standard InChI is InChI=1S/C19H20FN3O4/c20-17-8-15(6-7-18(17)23(25)26)27-12-19(24)22-10-14(9-21)16(11-22)13-4-2-1-3-5-13/h1-8,14,16H,9-12,21H2/t14-,16+/m1/s1. The minimum Gasteiger partial charge on any atom is -0.484 e. The van der Waals surface area contributed by atoms with Crippen LogP contribution < -0.4 is 10.5 Å². The van der Waals surface area contributed by atoms with E-state index < -0.39 is 16.4 Å². The Balaban J connectivity index is 1.62. The Kier molecular flexibility index (Phi) is 5.66. The van der Waals surface area contributed by atoms with Crippen molar-refractivity contribution < 1.29 is 18.8 Å². The number of rotatable bonds is 6. The second kappa shape index (κ2) is 8.13. The molecule has 1 heterocycles. The molecule has 0 unspecified atom stereocenters. The van der Waals surface area contributed by atoms with Gasteiger partial charge in [0.05, 0.1) is 4.92 Å². The first-order valence-corrected chi connectivity index (χ1v) is 8.59. The van der Waals surface area contributed by atoms with Gasteiger partial charge in [-0.25, -0.2) is 0 Å². The zero-order valence-corrected chi connectivity index (χ0v) is 14.6. The number of hydrogen-bond donors (Lipinski definition) is 1. The Morgan fingerprint density at radius 3 is 2.63 bits per heavy atom. The second-order valence-electron chi connectivity index (χ2n) is 6.47. The van der Waals surface area contributed by atoms with Crippen LogP contribution in [-0.4, -0.2) is 42.0 Å². The first-order valence-electron chi connectivity index (χ1n) is 8.59. The molecule has 1 saturated heterocycles. The average Bonchev–Trinajstić information content (AvgIpc) is 3.11. The molecule has 0 bridgehead atoms. The van der Waals surface area contributed by atoms with Gasteiger partial charge in [-0.2, -0.15) is 4.39 Å². The third-order valence-corrected chi connectivity index (χ3v) is 4.80. The van der Waals surface area contributed by atoms with Crippen molar-refractivity contribution >= 4 is 11.6 Å². The molecule has 0 spiro atoms. The molecule has 1 amide bonds. The minimum atomic E-state index is -1.00. The number of carbonyl (C=O) groups excluding carboxylic acids is 1. The summed E-state index contributed by atoms with van der Waals surface area (Å²) < 4.78 is 19.0. The van der Waals surface area contributed by atoms with Crippen LogP contribution in [0.25, 0.3) is 0 Å². The maximum Gasteiger partial charge on any atom is 0.305 e. The molecule has 3 rings (SSSR count). The number of nitrogens with zero attached hydrogens (tertiary/aromatic N) is 2. The van der Waals surface area contributed by atoms with E-state index in [1.165, 1.54) is 6.07 Å². The molecule has 0 aliphatic carbocycles. The molecule has 1 fully saturated rings. The molecule has 0 radical (unpaired) electrons. The fraction of sp³-hybridized carbons (Fsp3) is 0.316. The number of benzene rings is 2. The highest BCUT2D eigenvalue weighted by Crippen LogP contribution is 2.32. The van der Waals surface area contributed by atoms with Gasteiger partial charge in [-0.05, 0) is 24.1 Å². The number of nitro benzene ring substituents is 1. The van der Waals surface area contributed by atoms with E-state index >= 15 is 0 Å². The molecule has 2 aromatic carbocycles. The fourth-order valence-electron chi connectivity index (χ4n) is 3.35. The van der Waals surface area contributed by atoms with Crippen LogP contribution in [0, 0.1) is 21.8 Å². The van der Waals surface area contributed by atoms with E-state index in [9.17, 15) is 19.3 Å². The Hall–Kier alpha value is -3.00. The van der Waals surface area contributed by atoms with E-state index in [4.69, 9.17) is 10.5 Å². The number of amides is 1. The highest BCUT2D eigenvalue weighted by molar-refractivity contribution is 5.78. The van der Waals surface area contributed by atoms with Crippen molar-refractivity contribution in [1.82, 2.24) is 4.90 Å².